The highest BCUT2D eigenvalue weighted by atomic mass is 32.2. The van der Waals surface area contributed by atoms with E-state index in [-0.39, 0.29) is 10.9 Å². The molecule has 2 N–H and O–H groups in total. The number of sulfonamides is 1. The topological polar surface area (TPSA) is 67.4 Å². The summed E-state index contributed by atoms with van der Waals surface area (Å²) in [6, 6.07) is 4.08. The van der Waals surface area contributed by atoms with E-state index in [1.54, 1.807) is 0 Å². The van der Waals surface area contributed by atoms with E-state index in [1.807, 2.05) is 0 Å². The van der Waals surface area contributed by atoms with E-state index in [0.29, 0.717) is 13.0 Å². The van der Waals surface area contributed by atoms with Crippen molar-refractivity contribution in [3.05, 3.63) is 24.3 Å². The number of hydrogen-bond acceptors (Lipinski definition) is 4. The molecule has 22 heavy (non-hydrogen) atoms. The first-order valence-electron chi connectivity index (χ1n) is 6.85. The zero-order valence-electron chi connectivity index (χ0n) is 11.7. The third-order valence-electron chi connectivity index (χ3n) is 3.22. The number of halogens is 3. The maximum Gasteiger partial charge on any atom is 0.573 e. The van der Waals surface area contributed by atoms with Crippen molar-refractivity contribution >= 4 is 10.0 Å². The van der Waals surface area contributed by atoms with Gasteiger partial charge in [-0.2, -0.15) is 0 Å². The second kappa shape index (κ2) is 6.84. The number of hydrogen-bond donors (Lipinski definition) is 2. The third-order valence-corrected chi connectivity index (χ3v) is 4.74. The lowest BCUT2D eigenvalue weighted by Crippen LogP contribution is -2.40. The van der Waals surface area contributed by atoms with Crippen LogP contribution in [0.1, 0.15) is 19.3 Å². The molecular weight excluding hydrogens is 321 g/mol. The van der Waals surface area contributed by atoms with Gasteiger partial charge in [-0.05, 0) is 31.5 Å². The fraction of sp³-hybridized carbons (Fsp3) is 0.538. The van der Waals surface area contributed by atoms with E-state index in [0.717, 1.165) is 31.5 Å². The van der Waals surface area contributed by atoms with Gasteiger partial charge in [-0.15, -0.1) is 13.2 Å². The number of ether oxygens (including phenoxy) is 1. The Labute approximate surface area is 126 Å². The van der Waals surface area contributed by atoms with E-state index in [9.17, 15) is 21.6 Å². The molecule has 124 valence electrons. The van der Waals surface area contributed by atoms with Crippen LogP contribution in [0.25, 0.3) is 0 Å². The van der Waals surface area contributed by atoms with Gasteiger partial charge in [0.05, 0.1) is 4.90 Å². The monoisotopic (exact) mass is 338 g/mol. The summed E-state index contributed by atoms with van der Waals surface area (Å²) in [6.45, 7) is 1.32. The lowest BCUT2D eigenvalue weighted by Gasteiger charge is -2.17. The summed E-state index contributed by atoms with van der Waals surface area (Å²) >= 11 is 0. The first-order valence-corrected chi connectivity index (χ1v) is 8.33. The molecule has 2 rings (SSSR count). The highest BCUT2D eigenvalue weighted by Crippen LogP contribution is 2.25. The molecular formula is C13H17F3N2O3S. The van der Waals surface area contributed by atoms with Crippen LogP contribution in [-0.4, -0.2) is 33.9 Å². The van der Waals surface area contributed by atoms with Crippen molar-refractivity contribution in [1.29, 1.82) is 0 Å². The van der Waals surface area contributed by atoms with E-state index in [2.05, 4.69) is 14.8 Å². The van der Waals surface area contributed by atoms with Crippen LogP contribution in [-0.2, 0) is 10.0 Å². The van der Waals surface area contributed by atoms with Crippen molar-refractivity contribution in [1.82, 2.24) is 10.0 Å². The lowest BCUT2D eigenvalue weighted by atomic mass is 10.2. The van der Waals surface area contributed by atoms with Crippen LogP contribution in [0, 0.1) is 0 Å². The van der Waals surface area contributed by atoms with Crippen molar-refractivity contribution in [2.24, 2.45) is 0 Å². The summed E-state index contributed by atoms with van der Waals surface area (Å²) in [5.74, 6) is -0.561. The maximum absolute atomic E-state index is 12.3. The van der Waals surface area contributed by atoms with Gasteiger partial charge in [0, 0.05) is 18.7 Å². The molecule has 1 aromatic carbocycles. The molecule has 1 aromatic rings. The summed E-state index contributed by atoms with van der Waals surface area (Å²) < 4.78 is 67.3. The minimum absolute atomic E-state index is 0.251. The lowest BCUT2D eigenvalue weighted by molar-refractivity contribution is -0.274. The van der Waals surface area contributed by atoms with Gasteiger partial charge in [-0.1, -0.05) is 12.5 Å². The Hall–Kier alpha value is -1.32. The first-order chi connectivity index (χ1) is 10.3. The molecule has 0 bridgehead atoms. The number of benzene rings is 1. The van der Waals surface area contributed by atoms with Gasteiger partial charge in [0.25, 0.3) is 0 Å². The van der Waals surface area contributed by atoms with Crippen LogP contribution >= 0.6 is 0 Å². The number of alkyl halides is 3. The Balaban J connectivity index is 2.13. The van der Waals surface area contributed by atoms with E-state index >= 15 is 0 Å². The Bertz CT molecular complexity index is 597. The smallest absolute Gasteiger partial charge is 0.406 e. The summed E-state index contributed by atoms with van der Waals surface area (Å²) in [4.78, 5) is -0.251. The molecule has 1 aliphatic heterocycles. The Morgan fingerprint density at radius 3 is 2.77 bits per heavy atom. The molecule has 1 heterocycles. The molecule has 9 heteroatoms. The van der Waals surface area contributed by atoms with Gasteiger partial charge < -0.3 is 10.1 Å². The van der Waals surface area contributed by atoms with E-state index < -0.39 is 22.1 Å². The molecule has 1 saturated heterocycles. The second-order valence-electron chi connectivity index (χ2n) is 5.04. The van der Waals surface area contributed by atoms with Gasteiger partial charge in [0.15, 0.2) is 0 Å². The quantitative estimate of drug-likeness (QED) is 0.881. The fourth-order valence-corrected chi connectivity index (χ4v) is 3.55. The molecule has 0 saturated carbocycles. The van der Waals surface area contributed by atoms with Crippen LogP contribution in [0.5, 0.6) is 5.75 Å². The second-order valence-corrected chi connectivity index (χ2v) is 6.75. The van der Waals surface area contributed by atoms with Crippen LogP contribution in [0.2, 0.25) is 0 Å². The first kappa shape index (κ1) is 17.0. The van der Waals surface area contributed by atoms with Gasteiger partial charge >= 0.3 is 6.36 Å². The number of rotatable bonds is 4. The standard InChI is InChI=1S/C13H17F3N2O3S/c14-13(15,16)21-11-5-3-6-12(8-11)22(19,20)18-10-4-1-2-7-17-9-10/h3,5-6,8,10,17-18H,1-2,4,7,9H2. The Kier molecular flexibility index (Phi) is 5.30. The van der Waals surface area contributed by atoms with Gasteiger partial charge in [0.2, 0.25) is 10.0 Å². The minimum atomic E-state index is -4.86. The summed E-state index contributed by atoms with van der Waals surface area (Å²) in [5.41, 5.74) is 0. The fourth-order valence-electron chi connectivity index (χ4n) is 2.25. The van der Waals surface area contributed by atoms with Crippen molar-refractivity contribution in [2.75, 3.05) is 13.1 Å². The van der Waals surface area contributed by atoms with E-state index in [4.69, 9.17) is 0 Å². The minimum Gasteiger partial charge on any atom is -0.406 e. The molecule has 1 aliphatic rings. The summed E-state index contributed by atoms with van der Waals surface area (Å²) in [6.07, 6.45) is -2.32. The van der Waals surface area contributed by atoms with E-state index in [1.165, 1.54) is 12.1 Å². The highest BCUT2D eigenvalue weighted by molar-refractivity contribution is 7.89. The van der Waals surface area contributed by atoms with Crippen molar-refractivity contribution in [2.45, 2.75) is 36.6 Å². The van der Waals surface area contributed by atoms with Crippen molar-refractivity contribution < 1.29 is 26.3 Å². The SMILES string of the molecule is O=S(=O)(NC1CCCCNC1)c1cccc(OC(F)(F)F)c1. The molecule has 1 atom stereocenters. The molecule has 0 aliphatic carbocycles. The van der Waals surface area contributed by atoms with Gasteiger partial charge in [-0.3, -0.25) is 0 Å². The molecule has 1 unspecified atom stereocenters. The normalized spacial score (nSPS) is 20.4. The molecule has 5 nitrogen and oxygen atoms in total. The van der Waals surface area contributed by atoms with Crippen LogP contribution in [0.15, 0.2) is 29.2 Å². The largest absolute Gasteiger partial charge is 0.573 e. The highest BCUT2D eigenvalue weighted by Gasteiger charge is 2.31. The summed E-state index contributed by atoms with van der Waals surface area (Å²) in [5, 5.41) is 3.11. The van der Waals surface area contributed by atoms with Gasteiger partial charge in [0.1, 0.15) is 5.75 Å². The predicted octanol–water partition coefficient (Wildman–Crippen LogP) is 2.01. The predicted molar refractivity (Wildman–Crippen MR) is 74.0 cm³/mol. The zero-order chi connectivity index (χ0) is 16.2. The zero-order valence-corrected chi connectivity index (χ0v) is 12.5. The molecule has 0 radical (unpaired) electrons. The molecule has 0 aromatic heterocycles. The van der Waals surface area contributed by atoms with Crippen molar-refractivity contribution in [3.63, 3.8) is 0 Å². The summed E-state index contributed by atoms with van der Waals surface area (Å²) in [7, 11) is -3.89. The number of nitrogens with one attached hydrogen (secondary N) is 2. The average Bonchev–Trinajstić information content (AvgIpc) is 2.65. The maximum atomic E-state index is 12.3. The van der Waals surface area contributed by atoms with Crippen molar-refractivity contribution in [3.8, 4) is 5.75 Å². The van der Waals surface area contributed by atoms with Crippen LogP contribution in [0.3, 0.4) is 0 Å². The molecule has 1 fully saturated rings. The van der Waals surface area contributed by atoms with Gasteiger partial charge in [-0.25, -0.2) is 13.1 Å². The molecule has 0 amide bonds. The molecule has 0 spiro atoms. The third kappa shape index (κ3) is 5.15. The average molecular weight is 338 g/mol. The Morgan fingerprint density at radius 2 is 2.05 bits per heavy atom. The van der Waals surface area contributed by atoms with Crippen LogP contribution < -0.4 is 14.8 Å². The van der Waals surface area contributed by atoms with Crippen LogP contribution in [0.4, 0.5) is 13.2 Å². The Morgan fingerprint density at radius 1 is 1.27 bits per heavy atom.